The Labute approximate surface area is 135 Å². The Morgan fingerprint density at radius 3 is 2.86 bits per heavy atom. The zero-order chi connectivity index (χ0) is 15.5. The molecule has 1 aliphatic rings. The number of aromatic nitrogens is 1. The second-order valence-corrected chi connectivity index (χ2v) is 5.94. The Bertz CT molecular complexity index is 667. The van der Waals surface area contributed by atoms with E-state index in [1.54, 1.807) is 6.07 Å². The van der Waals surface area contributed by atoms with Gasteiger partial charge in [0.1, 0.15) is 0 Å². The number of nitrogens with one attached hydrogen (secondary N) is 1. The van der Waals surface area contributed by atoms with E-state index in [1.807, 2.05) is 29.2 Å². The highest BCUT2D eigenvalue weighted by atomic mass is 35.5. The fraction of sp³-hybridized carbons (Fsp3) is 0.353. The third-order valence-corrected chi connectivity index (χ3v) is 4.43. The third-order valence-electron chi connectivity index (χ3n) is 4.10. The zero-order valence-corrected chi connectivity index (χ0v) is 13.4. The molecule has 1 aliphatic heterocycles. The molecule has 5 heteroatoms. The van der Waals surface area contributed by atoms with Crippen molar-refractivity contribution in [1.82, 2.24) is 9.47 Å². The third kappa shape index (κ3) is 2.83. The van der Waals surface area contributed by atoms with Gasteiger partial charge < -0.3 is 14.8 Å². The number of halogens is 1. The summed E-state index contributed by atoms with van der Waals surface area (Å²) in [5.74, 6) is 0. The van der Waals surface area contributed by atoms with E-state index >= 15 is 0 Å². The van der Waals surface area contributed by atoms with Crippen molar-refractivity contribution in [3.05, 3.63) is 53.3 Å². The smallest absolute Gasteiger partial charge is 0.322 e. The Morgan fingerprint density at radius 2 is 2.09 bits per heavy atom. The summed E-state index contributed by atoms with van der Waals surface area (Å²) in [6.07, 6.45) is 4.08. The van der Waals surface area contributed by atoms with Crippen molar-refractivity contribution in [2.45, 2.75) is 32.4 Å². The molecule has 22 heavy (non-hydrogen) atoms. The number of hydrogen-bond acceptors (Lipinski definition) is 1. The summed E-state index contributed by atoms with van der Waals surface area (Å²) in [4.78, 5) is 14.6. The average Bonchev–Trinajstić information content (AvgIpc) is 2.99. The molecular formula is C17H20ClN3O. The van der Waals surface area contributed by atoms with Gasteiger partial charge in [0.25, 0.3) is 0 Å². The minimum absolute atomic E-state index is 0.0843. The molecule has 0 radical (unpaired) electrons. The predicted octanol–water partition coefficient (Wildman–Crippen LogP) is 4.53. The number of para-hydroxylation sites is 1. The molecule has 0 saturated carbocycles. The van der Waals surface area contributed by atoms with E-state index in [9.17, 15) is 4.79 Å². The summed E-state index contributed by atoms with van der Waals surface area (Å²) >= 11 is 6.13. The molecule has 1 unspecified atom stereocenters. The Hall–Kier alpha value is -1.94. The van der Waals surface area contributed by atoms with Crippen LogP contribution in [-0.4, -0.2) is 22.0 Å². The maximum absolute atomic E-state index is 12.7. The van der Waals surface area contributed by atoms with Crippen molar-refractivity contribution in [1.29, 1.82) is 0 Å². The van der Waals surface area contributed by atoms with E-state index in [1.165, 1.54) is 5.69 Å². The number of carbonyl (C=O) groups is 1. The molecule has 0 spiro atoms. The van der Waals surface area contributed by atoms with Crippen LogP contribution in [0.1, 0.15) is 31.5 Å². The first kappa shape index (κ1) is 15.0. The van der Waals surface area contributed by atoms with E-state index in [-0.39, 0.29) is 12.1 Å². The first-order valence-electron chi connectivity index (χ1n) is 7.68. The topological polar surface area (TPSA) is 37.3 Å². The summed E-state index contributed by atoms with van der Waals surface area (Å²) in [5.41, 5.74) is 1.87. The lowest BCUT2D eigenvalue weighted by atomic mass is 10.0. The van der Waals surface area contributed by atoms with Crippen molar-refractivity contribution in [2.24, 2.45) is 0 Å². The van der Waals surface area contributed by atoms with Crippen LogP contribution in [0, 0.1) is 0 Å². The summed E-state index contributed by atoms with van der Waals surface area (Å²) in [7, 11) is 0. The van der Waals surface area contributed by atoms with Gasteiger partial charge in [-0.3, -0.25) is 0 Å². The predicted molar refractivity (Wildman–Crippen MR) is 89.3 cm³/mol. The van der Waals surface area contributed by atoms with Gasteiger partial charge in [-0.15, -0.1) is 0 Å². The van der Waals surface area contributed by atoms with E-state index in [4.69, 9.17) is 11.6 Å². The van der Waals surface area contributed by atoms with Crippen LogP contribution in [0.25, 0.3) is 0 Å². The highest BCUT2D eigenvalue weighted by molar-refractivity contribution is 6.33. The standard InChI is InChI=1S/C17H20ClN3O/c1-2-6-16-15-9-5-10-20(15)11-12-21(16)17(22)19-14-8-4-3-7-13(14)18/h3-5,7-10,16H,2,6,11-12H2,1H3,(H,19,22). The number of urea groups is 1. The monoisotopic (exact) mass is 317 g/mol. The normalized spacial score (nSPS) is 17.2. The molecule has 1 atom stereocenters. The van der Waals surface area contributed by atoms with Crippen LogP contribution in [0.15, 0.2) is 42.6 Å². The summed E-state index contributed by atoms with van der Waals surface area (Å²) < 4.78 is 2.24. The van der Waals surface area contributed by atoms with Crippen molar-refractivity contribution < 1.29 is 4.79 Å². The van der Waals surface area contributed by atoms with Crippen molar-refractivity contribution in [3.63, 3.8) is 0 Å². The number of hydrogen-bond donors (Lipinski definition) is 1. The lowest BCUT2D eigenvalue weighted by molar-refractivity contribution is 0.163. The average molecular weight is 318 g/mol. The molecule has 2 amide bonds. The molecule has 2 heterocycles. The van der Waals surface area contributed by atoms with Gasteiger partial charge in [0, 0.05) is 25.0 Å². The van der Waals surface area contributed by atoms with Gasteiger partial charge in [-0.05, 0) is 30.7 Å². The second kappa shape index (κ2) is 6.44. The first-order chi connectivity index (χ1) is 10.7. The van der Waals surface area contributed by atoms with Gasteiger partial charge in [-0.25, -0.2) is 4.79 Å². The number of benzene rings is 1. The fourth-order valence-corrected chi connectivity index (χ4v) is 3.22. The first-order valence-corrected chi connectivity index (χ1v) is 8.05. The number of rotatable bonds is 3. The summed E-state index contributed by atoms with van der Waals surface area (Å²) in [6.45, 7) is 3.69. The quantitative estimate of drug-likeness (QED) is 0.887. The van der Waals surface area contributed by atoms with Crippen molar-refractivity contribution >= 4 is 23.3 Å². The van der Waals surface area contributed by atoms with Gasteiger partial charge in [-0.1, -0.05) is 37.1 Å². The second-order valence-electron chi connectivity index (χ2n) is 5.53. The number of amides is 2. The largest absolute Gasteiger partial charge is 0.348 e. The maximum atomic E-state index is 12.7. The Balaban J connectivity index is 1.81. The summed E-state index contributed by atoms with van der Waals surface area (Å²) in [5, 5.41) is 3.50. The van der Waals surface area contributed by atoms with Gasteiger partial charge in [0.05, 0.1) is 16.8 Å². The van der Waals surface area contributed by atoms with E-state index < -0.39 is 0 Å². The van der Waals surface area contributed by atoms with E-state index in [0.29, 0.717) is 17.3 Å². The molecule has 4 nitrogen and oxygen atoms in total. The molecule has 2 aromatic rings. The lowest BCUT2D eigenvalue weighted by Crippen LogP contribution is -2.44. The molecule has 0 saturated heterocycles. The fourth-order valence-electron chi connectivity index (χ4n) is 3.03. The highest BCUT2D eigenvalue weighted by Crippen LogP contribution is 2.31. The van der Waals surface area contributed by atoms with Crippen LogP contribution in [0.3, 0.4) is 0 Å². The van der Waals surface area contributed by atoms with E-state index in [2.05, 4.69) is 29.1 Å². The SMILES string of the molecule is CCCC1c2cccn2CCN1C(=O)Nc1ccccc1Cl. The van der Waals surface area contributed by atoms with Crippen LogP contribution >= 0.6 is 11.6 Å². The molecule has 0 aliphatic carbocycles. The Kier molecular flexibility index (Phi) is 4.39. The molecule has 0 fully saturated rings. The van der Waals surface area contributed by atoms with Gasteiger partial charge in [0.2, 0.25) is 0 Å². The van der Waals surface area contributed by atoms with Crippen LogP contribution in [0.4, 0.5) is 10.5 Å². The lowest BCUT2D eigenvalue weighted by Gasteiger charge is -2.37. The molecule has 3 rings (SSSR count). The number of carbonyl (C=O) groups excluding carboxylic acids is 1. The van der Waals surface area contributed by atoms with Gasteiger partial charge in [0.15, 0.2) is 0 Å². The van der Waals surface area contributed by atoms with Crippen molar-refractivity contribution in [3.8, 4) is 0 Å². The summed E-state index contributed by atoms with van der Waals surface area (Å²) in [6, 6.07) is 11.5. The highest BCUT2D eigenvalue weighted by Gasteiger charge is 2.30. The van der Waals surface area contributed by atoms with Crippen LogP contribution in [0.2, 0.25) is 5.02 Å². The van der Waals surface area contributed by atoms with Gasteiger partial charge in [-0.2, -0.15) is 0 Å². The van der Waals surface area contributed by atoms with Crippen LogP contribution in [0.5, 0.6) is 0 Å². The van der Waals surface area contributed by atoms with Crippen LogP contribution in [-0.2, 0) is 6.54 Å². The number of fused-ring (bicyclic) bond motifs is 1. The zero-order valence-electron chi connectivity index (χ0n) is 12.6. The molecule has 116 valence electrons. The minimum Gasteiger partial charge on any atom is -0.348 e. The molecule has 0 bridgehead atoms. The van der Waals surface area contributed by atoms with E-state index in [0.717, 1.165) is 19.4 Å². The van der Waals surface area contributed by atoms with Crippen LogP contribution < -0.4 is 5.32 Å². The van der Waals surface area contributed by atoms with Crippen molar-refractivity contribution in [2.75, 3.05) is 11.9 Å². The molecule has 1 aromatic carbocycles. The van der Waals surface area contributed by atoms with Gasteiger partial charge >= 0.3 is 6.03 Å². The number of anilines is 1. The molecule has 1 aromatic heterocycles. The molecular weight excluding hydrogens is 298 g/mol. The minimum atomic E-state index is -0.0843. The number of nitrogens with zero attached hydrogens (tertiary/aromatic N) is 2. The maximum Gasteiger partial charge on any atom is 0.322 e. The Morgan fingerprint density at radius 1 is 1.27 bits per heavy atom. The molecule has 1 N–H and O–H groups in total.